The minimum absolute atomic E-state index is 0.347. The number of hydrogen-bond donors (Lipinski definition) is 1. The van der Waals surface area contributed by atoms with Gasteiger partial charge in [0.2, 0.25) is 0 Å². The lowest BCUT2D eigenvalue weighted by Gasteiger charge is -2.43. The molecule has 18 heavy (non-hydrogen) atoms. The van der Waals surface area contributed by atoms with Crippen LogP contribution in [0.1, 0.15) is 30.9 Å². The zero-order valence-electron chi connectivity index (χ0n) is 10.1. The van der Waals surface area contributed by atoms with Crippen molar-refractivity contribution in [2.75, 3.05) is 7.11 Å². The lowest BCUT2D eigenvalue weighted by Crippen LogP contribution is -2.47. The Labute approximate surface area is 114 Å². The molecule has 0 radical (unpaired) electrons. The van der Waals surface area contributed by atoms with E-state index >= 15 is 0 Å². The summed E-state index contributed by atoms with van der Waals surface area (Å²) in [4.78, 5) is 11.9. The molecule has 0 bridgehead atoms. The van der Waals surface area contributed by atoms with E-state index in [0.29, 0.717) is 18.4 Å². The van der Waals surface area contributed by atoms with Crippen LogP contribution >= 0.6 is 15.9 Å². The van der Waals surface area contributed by atoms with Gasteiger partial charge in [-0.2, -0.15) is 0 Å². The van der Waals surface area contributed by atoms with E-state index in [1.807, 2.05) is 0 Å². The molecule has 1 aromatic rings. The maximum atomic E-state index is 13.8. The van der Waals surface area contributed by atoms with Gasteiger partial charge in [-0.3, -0.25) is 4.79 Å². The molecule has 1 atom stereocenters. The fourth-order valence-corrected chi connectivity index (χ4v) is 2.83. The SMILES string of the molecule is COC(=O)C1(C(N)c2cc(Br)ccc2F)CCC1. The summed E-state index contributed by atoms with van der Waals surface area (Å²) >= 11 is 3.29. The Morgan fingerprint density at radius 2 is 2.22 bits per heavy atom. The normalized spacial score (nSPS) is 18.9. The molecule has 98 valence electrons. The Morgan fingerprint density at radius 1 is 1.56 bits per heavy atom. The van der Waals surface area contributed by atoms with Gasteiger partial charge in [0.25, 0.3) is 0 Å². The summed E-state index contributed by atoms with van der Waals surface area (Å²) in [5.74, 6) is -0.735. The van der Waals surface area contributed by atoms with Crippen LogP contribution in [0.15, 0.2) is 22.7 Å². The van der Waals surface area contributed by atoms with Crippen molar-refractivity contribution in [2.24, 2.45) is 11.1 Å². The van der Waals surface area contributed by atoms with Crippen molar-refractivity contribution in [1.29, 1.82) is 0 Å². The van der Waals surface area contributed by atoms with Crippen molar-refractivity contribution in [2.45, 2.75) is 25.3 Å². The Bertz CT molecular complexity index is 474. The van der Waals surface area contributed by atoms with Gasteiger partial charge in [0, 0.05) is 16.1 Å². The molecule has 0 aliphatic heterocycles. The van der Waals surface area contributed by atoms with Crippen LogP contribution in [0.25, 0.3) is 0 Å². The van der Waals surface area contributed by atoms with Crippen LogP contribution in [-0.4, -0.2) is 13.1 Å². The maximum absolute atomic E-state index is 13.8. The predicted octanol–water partition coefficient (Wildman–Crippen LogP) is 2.93. The van der Waals surface area contributed by atoms with E-state index in [-0.39, 0.29) is 11.8 Å². The third-order valence-electron chi connectivity index (χ3n) is 3.73. The monoisotopic (exact) mass is 315 g/mol. The van der Waals surface area contributed by atoms with E-state index in [4.69, 9.17) is 10.5 Å². The minimum Gasteiger partial charge on any atom is -0.469 e. The van der Waals surface area contributed by atoms with Gasteiger partial charge in [0.05, 0.1) is 12.5 Å². The number of carbonyl (C=O) groups is 1. The van der Waals surface area contributed by atoms with Crippen LogP contribution in [0.5, 0.6) is 0 Å². The third kappa shape index (κ3) is 2.06. The van der Waals surface area contributed by atoms with Crippen molar-refractivity contribution in [1.82, 2.24) is 0 Å². The van der Waals surface area contributed by atoms with Gasteiger partial charge in [-0.25, -0.2) is 4.39 Å². The summed E-state index contributed by atoms with van der Waals surface area (Å²) in [7, 11) is 1.34. The van der Waals surface area contributed by atoms with Gasteiger partial charge in [-0.05, 0) is 31.0 Å². The number of esters is 1. The number of halogens is 2. The largest absolute Gasteiger partial charge is 0.469 e. The molecule has 0 amide bonds. The Morgan fingerprint density at radius 3 is 2.72 bits per heavy atom. The number of ether oxygens (including phenoxy) is 1. The molecule has 1 aliphatic rings. The van der Waals surface area contributed by atoms with Gasteiger partial charge < -0.3 is 10.5 Å². The first-order chi connectivity index (χ1) is 8.51. The van der Waals surface area contributed by atoms with Crippen molar-refractivity contribution >= 4 is 21.9 Å². The van der Waals surface area contributed by atoms with Crippen LogP contribution in [-0.2, 0) is 9.53 Å². The fourth-order valence-electron chi connectivity index (χ4n) is 2.45. The molecule has 0 spiro atoms. The fraction of sp³-hybridized carbons (Fsp3) is 0.462. The van der Waals surface area contributed by atoms with Crippen LogP contribution in [0, 0.1) is 11.2 Å². The molecule has 1 fully saturated rings. The molecular weight excluding hydrogens is 301 g/mol. The Hall–Kier alpha value is -0.940. The first kappa shape index (κ1) is 13.5. The first-order valence-electron chi connectivity index (χ1n) is 5.80. The van der Waals surface area contributed by atoms with Crippen LogP contribution in [0.4, 0.5) is 4.39 Å². The molecule has 2 rings (SSSR count). The molecular formula is C13H15BrFNO2. The zero-order chi connectivity index (χ0) is 13.3. The molecule has 0 heterocycles. The van der Waals surface area contributed by atoms with E-state index in [1.54, 1.807) is 12.1 Å². The van der Waals surface area contributed by atoms with Gasteiger partial charge in [-0.1, -0.05) is 22.4 Å². The molecule has 1 unspecified atom stereocenters. The Kier molecular flexibility index (Phi) is 3.73. The molecule has 1 aliphatic carbocycles. The average Bonchev–Trinajstić information content (AvgIpc) is 2.30. The number of hydrogen-bond acceptors (Lipinski definition) is 3. The van der Waals surface area contributed by atoms with Crippen LogP contribution < -0.4 is 5.73 Å². The van der Waals surface area contributed by atoms with Crippen LogP contribution in [0.3, 0.4) is 0 Å². The lowest BCUT2D eigenvalue weighted by molar-refractivity contribution is -0.160. The summed E-state index contributed by atoms with van der Waals surface area (Å²) < 4.78 is 19.4. The van der Waals surface area contributed by atoms with Crippen molar-refractivity contribution in [3.63, 3.8) is 0 Å². The summed E-state index contributed by atoms with van der Waals surface area (Å²) in [6.07, 6.45) is 2.21. The summed E-state index contributed by atoms with van der Waals surface area (Å²) in [5, 5.41) is 0. The quantitative estimate of drug-likeness (QED) is 0.872. The number of benzene rings is 1. The Balaban J connectivity index is 2.37. The summed E-state index contributed by atoms with van der Waals surface area (Å²) in [5.41, 5.74) is 5.71. The van der Waals surface area contributed by atoms with E-state index in [9.17, 15) is 9.18 Å². The highest BCUT2D eigenvalue weighted by atomic mass is 79.9. The van der Waals surface area contributed by atoms with Crippen LogP contribution in [0.2, 0.25) is 0 Å². The molecule has 3 nitrogen and oxygen atoms in total. The second-order valence-electron chi connectivity index (χ2n) is 4.64. The van der Waals surface area contributed by atoms with E-state index < -0.39 is 11.5 Å². The topological polar surface area (TPSA) is 52.3 Å². The summed E-state index contributed by atoms with van der Waals surface area (Å²) in [6.45, 7) is 0. The highest BCUT2D eigenvalue weighted by molar-refractivity contribution is 9.10. The van der Waals surface area contributed by atoms with Gasteiger partial charge in [-0.15, -0.1) is 0 Å². The molecule has 1 saturated carbocycles. The van der Waals surface area contributed by atoms with E-state index in [2.05, 4.69) is 15.9 Å². The molecule has 5 heteroatoms. The van der Waals surface area contributed by atoms with E-state index in [1.165, 1.54) is 13.2 Å². The van der Waals surface area contributed by atoms with Crippen molar-refractivity contribution < 1.29 is 13.9 Å². The van der Waals surface area contributed by atoms with Gasteiger partial charge >= 0.3 is 5.97 Å². The van der Waals surface area contributed by atoms with Crippen molar-refractivity contribution in [3.8, 4) is 0 Å². The number of rotatable bonds is 3. The zero-order valence-corrected chi connectivity index (χ0v) is 11.7. The van der Waals surface area contributed by atoms with Gasteiger partial charge in [0.1, 0.15) is 5.82 Å². The standard InChI is InChI=1S/C13H15BrFNO2/c1-18-12(17)13(5-2-6-13)11(16)9-7-8(14)3-4-10(9)15/h3-4,7,11H,2,5-6,16H2,1H3. The maximum Gasteiger partial charge on any atom is 0.313 e. The minimum atomic E-state index is -0.767. The van der Waals surface area contributed by atoms with Gasteiger partial charge in [0.15, 0.2) is 0 Å². The summed E-state index contributed by atoms with van der Waals surface area (Å²) in [6, 6.07) is 3.92. The third-order valence-corrected chi connectivity index (χ3v) is 4.22. The molecule has 0 saturated heterocycles. The lowest BCUT2D eigenvalue weighted by atomic mass is 9.62. The second-order valence-corrected chi connectivity index (χ2v) is 5.56. The van der Waals surface area contributed by atoms with E-state index in [0.717, 1.165) is 10.9 Å². The second kappa shape index (κ2) is 4.97. The molecule has 2 N–H and O–H groups in total. The molecule has 0 aromatic heterocycles. The number of methoxy groups -OCH3 is 1. The highest BCUT2D eigenvalue weighted by Gasteiger charge is 2.51. The highest BCUT2D eigenvalue weighted by Crippen LogP contribution is 2.50. The molecule has 1 aromatic carbocycles. The predicted molar refractivity (Wildman–Crippen MR) is 69.3 cm³/mol. The van der Waals surface area contributed by atoms with Crippen molar-refractivity contribution in [3.05, 3.63) is 34.1 Å². The number of carbonyl (C=O) groups excluding carboxylic acids is 1. The first-order valence-corrected chi connectivity index (χ1v) is 6.59. The number of nitrogens with two attached hydrogens (primary N) is 1. The smallest absolute Gasteiger partial charge is 0.313 e. The average molecular weight is 316 g/mol.